The normalized spacial score (nSPS) is 22.2. The number of carbonyl (C=O) groups is 2. The first-order valence-corrected chi connectivity index (χ1v) is 12.5. The molecule has 35 heavy (non-hydrogen) atoms. The highest BCUT2D eigenvalue weighted by atomic mass is 19.1. The first kappa shape index (κ1) is 23.5. The summed E-state index contributed by atoms with van der Waals surface area (Å²) >= 11 is 0. The van der Waals surface area contributed by atoms with Gasteiger partial charge in [-0.25, -0.2) is 14.2 Å². The number of imidazole rings is 1. The largest absolute Gasteiger partial charge is 0.452 e. The number of anilines is 1. The standard InChI is InChI=1S/C28H32FN3O3/c1-17-10-11-23-24(31(17)28(34)35-3)12-13-25-27(23)30-26(15-19-6-4-8-21(29)14-19)32(25)22-9-5-7-20(16-22)18(2)33/h4,6,8,12-14,17,20,22H,5,7,9-11,15-16H2,1-3H3/t17-,20+,22+/m0/s1. The third-order valence-corrected chi connectivity index (χ3v) is 7.74. The van der Waals surface area contributed by atoms with Crippen molar-refractivity contribution in [3.05, 3.63) is 59.2 Å². The predicted molar refractivity (Wildman–Crippen MR) is 133 cm³/mol. The summed E-state index contributed by atoms with van der Waals surface area (Å²) in [5.74, 6) is 0.906. The number of hydrogen-bond donors (Lipinski definition) is 0. The number of hydrogen-bond acceptors (Lipinski definition) is 4. The molecule has 1 aliphatic carbocycles. The number of aryl methyl sites for hydroxylation is 1. The summed E-state index contributed by atoms with van der Waals surface area (Å²) in [5, 5.41) is 0. The smallest absolute Gasteiger partial charge is 0.414 e. The Kier molecular flexibility index (Phi) is 6.34. The Balaban J connectivity index is 1.66. The molecule has 184 valence electrons. The van der Waals surface area contributed by atoms with E-state index in [-0.39, 0.29) is 35.7 Å². The van der Waals surface area contributed by atoms with Gasteiger partial charge in [-0.15, -0.1) is 0 Å². The molecule has 1 aliphatic heterocycles. The molecule has 1 saturated carbocycles. The molecular formula is C28H32FN3O3. The minimum atomic E-state index is -0.367. The number of ether oxygens (including phenoxy) is 1. The molecule has 1 fully saturated rings. The molecule has 2 aromatic carbocycles. The fourth-order valence-corrected chi connectivity index (χ4v) is 5.95. The van der Waals surface area contributed by atoms with Crippen molar-refractivity contribution in [3.8, 4) is 0 Å². The van der Waals surface area contributed by atoms with Crippen LogP contribution in [0.4, 0.5) is 14.9 Å². The quantitative estimate of drug-likeness (QED) is 0.463. The van der Waals surface area contributed by atoms with Gasteiger partial charge in [0, 0.05) is 30.0 Å². The first-order chi connectivity index (χ1) is 16.9. The number of carbonyl (C=O) groups excluding carboxylic acids is 2. The van der Waals surface area contributed by atoms with Crippen molar-refractivity contribution in [2.75, 3.05) is 12.0 Å². The molecule has 0 unspecified atom stereocenters. The number of halogens is 1. The van der Waals surface area contributed by atoms with Crippen LogP contribution in [-0.2, 0) is 22.4 Å². The summed E-state index contributed by atoms with van der Waals surface area (Å²) in [6.07, 6.45) is 5.47. The predicted octanol–water partition coefficient (Wildman–Crippen LogP) is 5.99. The van der Waals surface area contributed by atoms with Gasteiger partial charge in [0.25, 0.3) is 0 Å². The Labute approximate surface area is 205 Å². The molecule has 2 aliphatic rings. The molecule has 1 aromatic heterocycles. The van der Waals surface area contributed by atoms with Gasteiger partial charge >= 0.3 is 6.09 Å². The van der Waals surface area contributed by atoms with E-state index < -0.39 is 0 Å². The van der Waals surface area contributed by atoms with Crippen LogP contribution < -0.4 is 4.90 Å². The molecule has 2 heterocycles. The van der Waals surface area contributed by atoms with E-state index in [1.807, 2.05) is 25.1 Å². The van der Waals surface area contributed by atoms with Crippen molar-refractivity contribution in [2.24, 2.45) is 5.92 Å². The lowest BCUT2D eigenvalue weighted by Gasteiger charge is -2.34. The third-order valence-electron chi connectivity index (χ3n) is 7.74. The second-order valence-corrected chi connectivity index (χ2v) is 9.99. The minimum absolute atomic E-state index is 0.0379. The second-order valence-electron chi connectivity index (χ2n) is 9.99. The van der Waals surface area contributed by atoms with Crippen LogP contribution in [-0.4, -0.2) is 34.6 Å². The summed E-state index contributed by atoms with van der Waals surface area (Å²) < 4.78 is 21.3. The topological polar surface area (TPSA) is 64.4 Å². The molecule has 3 atom stereocenters. The molecule has 6 nitrogen and oxygen atoms in total. The number of amides is 1. The fraction of sp³-hybridized carbons (Fsp3) is 0.464. The van der Waals surface area contributed by atoms with E-state index in [9.17, 15) is 14.0 Å². The van der Waals surface area contributed by atoms with Crippen molar-refractivity contribution in [1.29, 1.82) is 0 Å². The molecular weight excluding hydrogens is 445 g/mol. The number of ketones is 1. The molecule has 5 rings (SSSR count). The van der Waals surface area contributed by atoms with E-state index in [1.165, 1.54) is 13.2 Å². The Morgan fingerprint density at radius 1 is 1.17 bits per heavy atom. The van der Waals surface area contributed by atoms with E-state index in [0.29, 0.717) is 6.42 Å². The monoisotopic (exact) mass is 477 g/mol. The van der Waals surface area contributed by atoms with Crippen molar-refractivity contribution in [3.63, 3.8) is 0 Å². The van der Waals surface area contributed by atoms with Crippen molar-refractivity contribution in [1.82, 2.24) is 9.55 Å². The highest BCUT2D eigenvalue weighted by Crippen LogP contribution is 2.41. The van der Waals surface area contributed by atoms with Gasteiger partial charge in [0.2, 0.25) is 0 Å². The van der Waals surface area contributed by atoms with E-state index >= 15 is 0 Å². The molecule has 7 heteroatoms. The number of nitrogens with zero attached hydrogens (tertiary/aromatic N) is 3. The molecule has 0 spiro atoms. The van der Waals surface area contributed by atoms with E-state index in [2.05, 4.69) is 4.57 Å². The lowest BCUT2D eigenvalue weighted by Crippen LogP contribution is -2.42. The number of rotatable bonds is 4. The van der Waals surface area contributed by atoms with Gasteiger partial charge < -0.3 is 9.30 Å². The number of fused-ring (bicyclic) bond motifs is 3. The van der Waals surface area contributed by atoms with Crippen LogP contribution in [0.5, 0.6) is 0 Å². The zero-order valence-electron chi connectivity index (χ0n) is 20.6. The summed E-state index contributed by atoms with van der Waals surface area (Å²) in [6, 6.07) is 10.9. The molecule has 1 amide bonds. The Morgan fingerprint density at radius 2 is 2.00 bits per heavy atom. The van der Waals surface area contributed by atoms with Gasteiger partial charge in [0.1, 0.15) is 17.4 Å². The van der Waals surface area contributed by atoms with Crippen LogP contribution >= 0.6 is 0 Å². The SMILES string of the molecule is COC(=O)N1c2ccc3c(nc(Cc4cccc(F)c4)n3[C@@H]3CCC[C@@H](C(C)=O)C3)c2CC[C@@H]1C. The Hall–Kier alpha value is -3.22. The van der Waals surface area contributed by atoms with Gasteiger partial charge in [0.05, 0.1) is 23.8 Å². The van der Waals surface area contributed by atoms with Gasteiger partial charge in [-0.2, -0.15) is 0 Å². The second kappa shape index (κ2) is 9.44. The van der Waals surface area contributed by atoms with Crippen molar-refractivity contribution in [2.45, 2.75) is 70.9 Å². The van der Waals surface area contributed by atoms with Gasteiger partial charge in [-0.05, 0) is 75.8 Å². The average Bonchev–Trinajstić information content (AvgIpc) is 3.21. The lowest BCUT2D eigenvalue weighted by molar-refractivity contribution is -0.122. The van der Waals surface area contributed by atoms with Gasteiger partial charge in [-0.3, -0.25) is 9.69 Å². The third kappa shape index (κ3) is 4.32. The maximum Gasteiger partial charge on any atom is 0.414 e. The zero-order valence-corrected chi connectivity index (χ0v) is 20.6. The Morgan fingerprint density at radius 3 is 2.74 bits per heavy atom. The summed E-state index contributed by atoms with van der Waals surface area (Å²) in [6.45, 7) is 3.72. The highest BCUT2D eigenvalue weighted by Gasteiger charge is 2.33. The van der Waals surface area contributed by atoms with Crippen LogP contribution in [0.1, 0.15) is 68.9 Å². The van der Waals surface area contributed by atoms with E-state index in [0.717, 1.165) is 72.2 Å². The summed E-state index contributed by atoms with van der Waals surface area (Å²) in [7, 11) is 1.40. The van der Waals surface area contributed by atoms with Gasteiger partial charge in [-0.1, -0.05) is 18.6 Å². The minimum Gasteiger partial charge on any atom is -0.452 e. The first-order valence-electron chi connectivity index (χ1n) is 12.5. The summed E-state index contributed by atoms with van der Waals surface area (Å²) in [5.41, 5.74) is 4.65. The van der Waals surface area contributed by atoms with Crippen molar-refractivity contribution < 1.29 is 18.7 Å². The van der Waals surface area contributed by atoms with Crippen molar-refractivity contribution >= 4 is 28.6 Å². The Bertz CT molecular complexity index is 1280. The maximum absolute atomic E-state index is 14.0. The molecule has 3 aromatic rings. The zero-order chi connectivity index (χ0) is 24.7. The molecule has 0 N–H and O–H groups in total. The number of benzene rings is 2. The van der Waals surface area contributed by atoms with E-state index in [4.69, 9.17) is 9.72 Å². The molecule has 0 bridgehead atoms. The van der Waals surface area contributed by atoms with Crippen LogP contribution in [0.2, 0.25) is 0 Å². The van der Waals surface area contributed by atoms with Crippen LogP contribution in [0, 0.1) is 11.7 Å². The summed E-state index contributed by atoms with van der Waals surface area (Å²) in [4.78, 5) is 31.6. The van der Waals surface area contributed by atoms with Crippen LogP contribution in [0.25, 0.3) is 11.0 Å². The van der Waals surface area contributed by atoms with Gasteiger partial charge in [0.15, 0.2) is 0 Å². The molecule has 0 saturated heterocycles. The average molecular weight is 478 g/mol. The highest BCUT2D eigenvalue weighted by molar-refractivity contribution is 5.95. The number of aromatic nitrogens is 2. The number of methoxy groups -OCH3 is 1. The van der Waals surface area contributed by atoms with E-state index in [1.54, 1.807) is 24.0 Å². The lowest BCUT2D eigenvalue weighted by atomic mass is 9.83. The fourth-order valence-electron chi connectivity index (χ4n) is 5.95. The van der Waals surface area contributed by atoms with Crippen LogP contribution in [0.15, 0.2) is 36.4 Å². The van der Waals surface area contributed by atoms with Crippen LogP contribution in [0.3, 0.4) is 0 Å². The molecule has 0 radical (unpaired) electrons. The maximum atomic E-state index is 14.0. The number of Topliss-reactive ketones (excluding diaryl/α,β-unsaturated/α-hetero) is 1.